The number of carbonyl (C=O) groups is 1. The minimum absolute atomic E-state index is 0.0777. The van der Waals surface area contributed by atoms with Crippen molar-refractivity contribution in [1.29, 1.82) is 0 Å². The number of nitrogens with zero attached hydrogens (tertiary/aromatic N) is 3. The zero-order valence-electron chi connectivity index (χ0n) is 21.9. The van der Waals surface area contributed by atoms with E-state index in [0.29, 0.717) is 38.2 Å². The molecule has 2 aromatic heterocycles. The lowest BCUT2D eigenvalue weighted by Crippen LogP contribution is -2.41. The topological polar surface area (TPSA) is 88.7 Å². The van der Waals surface area contributed by atoms with Crippen molar-refractivity contribution >= 4 is 5.91 Å². The van der Waals surface area contributed by atoms with Crippen LogP contribution >= 0.6 is 0 Å². The molecule has 0 saturated heterocycles. The maximum Gasteiger partial charge on any atom is 0.223 e. The van der Waals surface area contributed by atoms with E-state index in [1.807, 2.05) is 35.4 Å². The molecule has 4 aromatic rings. The molecule has 0 fully saturated rings. The molecule has 2 aromatic carbocycles. The van der Waals surface area contributed by atoms with E-state index in [2.05, 4.69) is 42.0 Å². The molecule has 1 atom stereocenters. The summed E-state index contributed by atoms with van der Waals surface area (Å²) in [6.45, 7) is 5.14. The first kappa shape index (κ1) is 25.7. The molecule has 7 nitrogen and oxygen atoms in total. The second-order valence-electron chi connectivity index (χ2n) is 9.86. The quantitative estimate of drug-likeness (QED) is 0.344. The summed E-state index contributed by atoms with van der Waals surface area (Å²) in [4.78, 5) is 23.9. The number of carbonyl (C=O) groups excluding carboxylic acids is 1. The Hall–Kier alpha value is -3.97. The van der Waals surface area contributed by atoms with Crippen LogP contribution in [0, 0.1) is 13.8 Å². The van der Waals surface area contributed by atoms with E-state index in [0.717, 1.165) is 45.5 Å². The third-order valence-corrected chi connectivity index (χ3v) is 7.21. The zero-order chi connectivity index (χ0) is 26.5. The molecule has 196 valence electrons. The van der Waals surface area contributed by atoms with Gasteiger partial charge in [-0.05, 0) is 66.3 Å². The summed E-state index contributed by atoms with van der Waals surface area (Å²) >= 11 is 0. The van der Waals surface area contributed by atoms with Gasteiger partial charge in [0, 0.05) is 43.8 Å². The van der Waals surface area contributed by atoms with Crippen molar-refractivity contribution in [2.24, 2.45) is 0 Å². The van der Waals surface area contributed by atoms with Gasteiger partial charge in [0.2, 0.25) is 5.91 Å². The van der Waals surface area contributed by atoms with Gasteiger partial charge >= 0.3 is 0 Å². The maximum absolute atomic E-state index is 13.6. The number of aliphatic hydroxyl groups is 1. The fourth-order valence-electron chi connectivity index (χ4n) is 5.26. The number of aliphatic hydroxyl groups excluding tert-OH is 1. The van der Waals surface area contributed by atoms with Gasteiger partial charge in [0.1, 0.15) is 12.0 Å². The minimum atomic E-state index is -0.238. The molecule has 1 aliphatic rings. The maximum atomic E-state index is 13.6. The molecule has 1 unspecified atom stereocenters. The number of ether oxygens (including phenoxy) is 1. The molecular formula is C31H33N3O4. The Kier molecular flexibility index (Phi) is 7.84. The molecule has 0 spiro atoms. The summed E-state index contributed by atoms with van der Waals surface area (Å²) in [5, 5.41) is 10.1. The Bertz CT molecular complexity index is 1390. The molecule has 5 rings (SSSR count). The van der Waals surface area contributed by atoms with Crippen LogP contribution < -0.4 is 4.74 Å². The van der Waals surface area contributed by atoms with E-state index in [-0.39, 0.29) is 18.6 Å². The fraction of sp³-hybridized carbons (Fsp3) is 0.323. The number of amides is 1. The smallest absolute Gasteiger partial charge is 0.223 e. The second kappa shape index (κ2) is 11.6. The molecule has 0 bridgehead atoms. The molecule has 1 N–H and O–H groups in total. The van der Waals surface area contributed by atoms with Gasteiger partial charge in [-0.3, -0.25) is 9.78 Å². The first-order chi connectivity index (χ1) is 18.5. The van der Waals surface area contributed by atoms with Crippen LogP contribution in [0.5, 0.6) is 5.75 Å². The van der Waals surface area contributed by atoms with Gasteiger partial charge in [-0.15, -0.1) is 0 Å². The Morgan fingerprint density at radius 3 is 2.79 bits per heavy atom. The average molecular weight is 512 g/mol. The number of hydrogen-bond donors (Lipinski definition) is 1. The highest BCUT2D eigenvalue weighted by molar-refractivity contribution is 5.78. The lowest BCUT2D eigenvalue weighted by Gasteiger charge is -2.39. The second-order valence-corrected chi connectivity index (χ2v) is 9.86. The highest BCUT2D eigenvalue weighted by Gasteiger charge is 2.33. The Morgan fingerprint density at radius 2 is 2.05 bits per heavy atom. The highest BCUT2D eigenvalue weighted by Crippen LogP contribution is 2.40. The van der Waals surface area contributed by atoms with Gasteiger partial charge in [0.15, 0.2) is 6.39 Å². The monoisotopic (exact) mass is 511 g/mol. The van der Waals surface area contributed by atoms with Crippen LogP contribution in [0.15, 0.2) is 71.9 Å². The molecule has 1 amide bonds. The van der Waals surface area contributed by atoms with Crippen LogP contribution in [-0.2, 0) is 30.7 Å². The van der Waals surface area contributed by atoms with E-state index in [1.165, 1.54) is 12.0 Å². The Balaban J connectivity index is 1.47. The van der Waals surface area contributed by atoms with Crippen molar-refractivity contribution in [2.45, 2.75) is 52.2 Å². The Morgan fingerprint density at radius 1 is 1.16 bits per heavy atom. The summed E-state index contributed by atoms with van der Waals surface area (Å²) in [6, 6.07) is 14.2. The van der Waals surface area contributed by atoms with E-state index >= 15 is 0 Å². The van der Waals surface area contributed by atoms with E-state index in [4.69, 9.17) is 9.15 Å². The molecule has 0 aliphatic carbocycles. The largest absolute Gasteiger partial charge is 0.493 e. The van der Waals surface area contributed by atoms with Crippen molar-refractivity contribution in [1.82, 2.24) is 14.9 Å². The third-order valence-electron chi connectivity index (χ3n) is 7.21. The van der Waals surface area contributed by atoms with E-state index in [1.54, 1.807) is 12.5 Å². The summed E-state index contributed by atoms with van der Waals surface area (Å²) in [6.07, 6.45) is 8.89. The van der Waals surface area contributed by atoms with Crippen LogP contribution in [0.25, 0.3) is 0 Å². The number of aryl methyl sites for hydroxylation is 3. The van der Waals surface area contributed by atoms with Crippen molar-refractivity contribution < 1.29 is 19.1 Å². The minimum Gasteiger partial charge on any atom is -0.493 e. The first-order valence-corrected chi connectivity index (χ1v) is 13.1. The predicted octanol–water partition coefficient (Wildman–Crippen LogP) is 4.91. The average Bonchev–Trinajstić information content (AvgIpc) is 3.45. The predicted molar refractivity (Wildman–Crippen MR) is 144 cm³/mol. The van der Waals surface area contributed by atoms with Gasteiger partial charge in [-0.2, -0.15) is 0 Å². The molecule has 0 radical (unpaired) electrons. The third kappa shape index (κ3) is 5.63. The first-order valence-electron chi connectivity index (χ1n) is 13.1. The van der Waals surface area contributed by atoms with Crippen molar-refractivity contribution in [3.05, 3.63) is 112 Å². The number of benzene rings is 2. The molecular weight excluding hydrogens is 478 g/mol. The van der Waals surface area contributed by atoms with Crippen molar-refractivity contribution in [3.63, 3.8) is 0 Å². The molecule has 1 aliphatic heterocycles. The van der Waals surface area contributed by atoms with Crippen LogP contribution in [0.4, 0.5) is 0 Å². The fourth-order valence-corrected chi connectivity index (χ4v) is 5.26. The van der Waals surface area contributed by atoms with Crippen molar-refractivity contribution in [3.8, 4) is 5.75 Å². The number of oxazole rings is 1. The number of pyridine rings is 1. The lowest BCUT2D eigenvalue weighted by atomic mass is 9.84. The van der Waals surface area contributed by atoms with Gasteiger partial charge in [-0.1, -0.05) is 29.8 Å². The van der Waals surface area contributed by atoms with Crippen LogP contribution in [0.1, 0.15) is 57.1 Å². The highest BCUT2D eigenvalue weighted by atomic mass is 16.5. The standard InChI is InChI=1S/C31H33N3O4/c1-21-5-7-27(22(2)14-21)31-28-16-29(38-13-10-23-4-3-11-32-17-23)25(18-35)15-24(28)9-12-34(31)30(36)8-6-26-19-37-20-33-26/h3-5,7,11,14-17,19-20,31,35H,6,8-10,12-13,18H2,1-2H3. The summed E-state index contributed by atoms with van der Waals surface area (Å²) in [5.41, 5.74) is 8.24. The molecule has 38 heavy (non-hydrogen) atoms. The van der Waals surface area contributed by atoms with Crippen LogP contribution in [0.3, 0.4) is 0 Å². The normalized spacial score (nSPS) is 14.8. The number of fused-ring (bicyclic) bond motifs is 1. The van der Waals surface area contributed by atoms with Gasteiger partial charge in [0.25, 0.3) is 0 Å². The number of aromatic nitrogens is 2. The van der Waals surface area contributed by atoms with E-state index in [9.17, 15) is 9.90 Å². The van der Waals surface area contributed by atoms with Crippen LogP contribution in [0.2, 0.25) is 0 Å². The summed E-state index contributed by atoms with van der Waals surface area (Å²) in [7, 11) is 0. The van der Waals surface area contributed by atoms with Gasteiger partial charge in [-0.25, -0.2) is 4.98 Å². The number of rotatable bonds is 9. The number of hydrogen-bond acceptors (Lipinski definition) is 6. The van der Waals surface area contributed by atoms with E-state index < -0.39 is 0 Å². The molecule has 7 heteroatoms. The van der Waals surface area contributed by atoms with Crippen molar-refractivity contribution in [2.75, 3.05) is 13.2 Å². The van der Waals surface area contributed by atoms with Gasteiger partial charge < -0.3 is 19.2 Å². The lowest BCUT2D eigenvalue weighted by molar-refractivity contribution is -0.133. The molecule has 0 saturated carbocycles. The summed E-state index contributed by atoms with van der Waals surface area (Å²) in [5.74, 6) is 0.732. The Labute approximate surface area is 223 Å². The van der Waals surface area contributed by atoms with Gasteiger partial charge in [0.05, 0.1) is 24.9 Å². The SMILES string of the molecule is Cc1ccc(C2c3cc(OCCc4cccnc4)c(CO)cc3CCN2C(=O)CCc2cocn2)c(C)c1. The summed E-state index contributed by atoms with van der Waals surface area (Å²) < 4.78 is 11.3. The zero-order valence-corrected chi connectivity index (χ0v) is 21.9. The van der Waals surface area contributed by atoms with Crippen LogP contribution in [-0.4, -0.2) is 39.0 Å². The molecule has 3 heterocycles.